The van der Waals surface area contributed by atoms with Crippen LogP contribution in [0.4, 0.5) is 0 Å². The first-order chi connectivity index (χ1) is 7.74. The number of rotatable bonds is 3. The van der Waals surface area contributed by atoms with E-state index in [1.165, 1.54) is 0 Å². The highest BCUT2D eigenvalue weighted by atomic mass is 16.5. The predicted octanol–water partition coefficient (Wildman–Crippen LogP) is 0.0207. The number of hydrogen-bond acceptors (Lipinski definition) is 3. The van der Waals surface area contributed by atoms with Crippen molar-refractivity contribution in [1.82, 2.24) is 5.32 Å². The molecule has 88 valence electrons. The molecule has 2 rings (SSSR count). The van der Waals surface area contributed by atoms with E-state index in [0.29, 0.717) is 18.8 Å². The molecule has 2 fully saturated rings. The third-order valence-electron chi connectivity index (χ3n) is 3.50. The fourth-order valence-electron chi connectivity index (χ4n) is 2.57. The summed E-state index contributed by atoms with van der Waals surface area (Å²) >= 11 is 0. The second-order valence-corrected chi connectivity index (χ2v) is 4.52. The maximum Gasteiger partial charge on any atom is 0.221 e. The van der Waals surface area contributed by atoms with E-state index < -0.39 is 0 Å². The summed E-state index contributed by atoms with van der Waals surface area (Å²) in [6.07, 6.45) is 8.27. The number of carbonyl (C=O) groups is 1. The molecule has 3 N–H and O–H groups in total. The maximum absolute atomic E-state index is 11.5. The first kappa shape index (κ1) is 11.4. The minimum Gasteiger partial charge on any atom is -0.376 e. The molecule has 1 saturated carbocycles. The molecule has 0 radical (unpaired) electrons. The fraction of sp³-hybridized carbons (Fsp3) is 0.750. The van der Waals surface area contributed by atoms with E-state index in [-0.39, 0.29) is 24.1 Å². The molecule has 4 nitrogen and oxygen atoms in total. The zero-order valence-corrected chi connectivity index (χ0v) is 9.32. The van der Waals surface area contributed by atoms with Crippen LogP contribution < -0.4 is 11.1 Å². The predicted molar refractivity (Wildman–Crippen MR) is 60.4 cm³/mol. The highest BCUT2D eigenvalue weighted by Crippen LogP contribution is 2.36. The largest absolute Gasteiger partial charge is 0.376 e. The molecule has 0 spiro atoms. The van der Waals surface area contributed by atoms with Crippen molar-refractivity contribution in [3.05, 3.63) is 0 Å². The van der Waals surface area contributed by atoms with Gasteiger partial charge in [0.1, 0.15) is 0 Å². The second-order valence-electron chi connectivity index (χ2n) is 4.52. The van der Waals surface area contributed by atoms with Gasteiger partial charge < -0.3 is 15.8 Å². The Hall–Kier alpha value is -1.05. The van der Waals surface area contributed by atoms with Crippen LogP contribution >= 0.6 is 0 Å². The minimum atomic E-state index is -0.0222. The van der Waals surface area contributed by atoms with E-state index in [4.69, 9.17) is 16.9 Å². The van der Waals surface area contributed by atoms with Crippen LogP contribution in [-0.4, -0.2) is 30.7 Å². The zero-order valence-electron chi connectivity index (χ0n) is 9.32. The van der Waals surface area contributed by atoms with Crippen molar-refractivity contribution >= 4 is 5.91 Å². The first-order valence-electron chi connectivity index (χ1n) is 5.84. The topological polar surface area (TPSA) is 64.4 Å². The van der Waals surface area contributed by atoms with Gasteiger partial charge in [-0.15, -0.1) is 12.3 Å². The van der Waals surface area contributed by atoms with Crippen molar-refractivity contribution in [2.24, 2.45) is 11.7 Å². The Balaban J connectivity index is 1.82. The number of terminal acetylenes is 1. The molecule has 0 aromatic rings. The third kappa shape index (κ3) is 2.06. The lowest BCUT2D eigenvalue weighted by Crippen LogP contribution is -2.72. The molecule has 1 amide bonds. The van der Waals surface area contributed by atoms with E-state index >= 15 is 0 Å². The minimum absolute atomic E-state index is 0.0180. The van der Waals surface area contributed by atoms with Gasteiger partial charge in [-0.1, -0.05) is 0 Å². The normalized spacial score (nSPS) is 36.8. The SMILES string of the molecule is C#CCCC(=O)NC1C(N)C2CCCOC21. The molecule has 2 aliphatic rings. The summed E-state index contributed by atoms with van der Waals surface area (Å²) in [7, 11) is 0. The van der Waals surface area contributed by atoms with E-state index in [9.17, 15) is 4.79 Å². The Morgan fingerprint density at radius 3 is 3.19 bits per heavy atom. The van der Waals surface area contributed by atoms with Crippen molar-refractivity contribution in [3.63, 3.8) is 0 Å². The van der Waals surface area contributed by atoms with Crippen LogP contribution in [0.25, 0.3) is 0 Å². The summed E-state index contributed by atoms with van der Waals surface area (Å²) in [5, 5.41) is 2.92. The average Bonchev–Trinajstić information content (AvgIpc) is 2.33. The van der Waals surface area contributed by atoms with E-state index in [1.54, 1.807) is 0 Å². The smallest absolute Gasteiger partial charge is 0.221 e. The molecule has 1 saturated heterocycles. The summed E-state index contributed by atoms with van der Waals surface area (Å²) in [6.45, 7) is 0.782. The van der Waals surface area contributed by atoms with Gasteiger partial charge in [-0.2, -0.15) is 0 Å². The highest BCUT2D eigenvalue weighted by molar-refractivity contribution is 5.76. The van der Waals surface area contributed by atoms with Gasteiger partial charge in [0.05, 0.1) is 12.1 Å². The summed E-state index contributed by atoms with van der Waals surface area (Å²) in [4.78, 5) is 11.5. The second kappa shape index (κ2) is 4.86. The summed E-state index contributed by atoms with van der Waals surface area (Å²) in [6, 6.07) is 0.0238. The number of hydrogen-bond donors (Lipinski definition) is 2. The summed E-state index contributed by atoms with van der Waals surface area (Å²) in [5.74, 6) is 2.85. The molecule has 0 bridgehead atoms. The Morgan fingerprint density at radius 2 is 2.44 bits per heavy atom. The molecule has 1 heterocycles. The van der Waals surface area contributed by atoms with Gasteiger partial charge in [0, 0.05) is 31.4 Å². The van der Waals surface area contributed by atoms with E-state index in [2.05, 4.69) is 11.2 Å². The van der Waals surface area contributed by atoms with Gasteiger partial charge >= 0.3 is 0 Å². The molecule has 4 atom stereocenters. The molecule has 4 heteroatoms. The van der Waals surface area contributed by atoms with Crippen LogP contribution in [-0.2, 0) is 9.53 Å². The number of fused-ring (bicyclic) bond motifs is 1. The van der Waals surface area contributed by atoms with E-state index in [0.717, 1.165) is 19.4 Å². The Morgan fingerprint density at radius 1 is 1.62 bits per heavy atom. The summed E-state index contributed by atoms with van der Waals surface area (Å²) < 4.78 is 5.63. The lowest BCUT2D eigenvalue weighted by molar-refractivity contribution is -0.139. The first-order valence-corrected chi connectivity index (χ1v) is 5.84. The molecule has 0 aromatic carbocycles. The molecular formula is C12H18N2O2. The molecule has 1 aliphatic heterocycles. The van der Waals surface area contributed by atoms with Gasteiger partial charge in [-0.05, 0) is 12.8 Å². The van der Waals surface area contributed by atoms with Gasteiger partial charge in [0.15, 0.2) is 0 Å². The average molecular weight is 222 g/mol. The highest BCUT2D eigenvalue weighted by Gasteiger charge is 2.50. The Bertz CT molecular complexity index is 311. The van der Waals surface area contributed by atoms with E-state index in [1.807, 2.05) is 0 Å². The standard InChI is InChI=1S/C12H18N2O2/c1-2-3-6-9(15)14-11-10(13)8-5-4-7-16-12(8)11/h1,8,10-12H,3-7,13H2,(H,14,15). The van der Waals surface area contributed by atoms with Crippen molar-refractivity contribution in [3.8, 4) is 12.3 Å². The van der Waals surface area contributed by atoms with Gasteiger partial charge in [-0.25, -0.2) is 0 Å². The number of nitrogens with two attached hydrogens (primary N) is 1. The molecule has 4 unspecified atom stereocenters. The van der Waals surface area contributed by atoms with Gasteiger partial charge in [-0.3, -0.25) is 4.79 Å². The molecule has 1 aliphatic carbocycles. The van der Waals surface area contributed by atoms with Crippen molar-refractivity contribution < 1.29 is 9.53 Å². The molecular weight excluding hydrogens is 204 g/mol. The van der Waals surface area contributed by atoms with Crippen LogP contribution in [0.15, 0.2) is 0 Å². The number of nitrogens with one attached hydrogen (secondary N) is 1. The Kier molecular flexibility index (Phi) is 3.47. The lowest BCUT2D eigenvalue weighted by atomic mass is 9.68. The number of carbonyl (C=O) groups excluding carboxylic acids is 1. The van der Waals surface area contributed by atoms with Crippen LogP contribution in [0, 0.1) is 18.3 Å². The van der Waals surface area contributed by atoms with Crippen LogP contribution in [0.3, 0.4) is 0 Å². The molecule has 16 heavy (non-hydrogen) atoms. The zero-order chi connectivity index (χ0) is 11.5. The lowest BCUT2D eigenvalue weighted by Gasteiger charge is -2.52. The quantitative estimate of drug-likeness (QED) is 0.662. The van der Waals surface area contributed by atoms with Gasteiger partial charge in [0.2, 0.25) is 5.91 Å². The van der Waals surface area contributed by atoms with Gasteiger partial charge in [0.25, 0.3) is 0 Å². The monoisotopic (exact) mass is 222 g/mol. The van der Waals surface area contributed by atoms with Crippen molar-refractivity contribution in [2.45, 2.75) is 43.9 Å². The molecule has 0 aromatic heterocycles. The van der Waals surface area contributed by atoms with Crippen LogP contribution in [0.2, 0.25) is 0 Å². The maximum atomic E-state index is 11.5. The van der Waals surface area contributed by atoms with Crippen molar-refractivity contribution in [1.29, 1.82) is 0 Å². The van der Waals surface area contributed by atoms with Crippen LogP contribution in [0.5, 0.6) is 0 Å². The summed E-state index contributed by atoms with van der Waals surface area (Å²) in [5.41, 5.74) is 6.02. The number of ether oxygens (including phenoxy) is 1. The number of amides is 1. The van der Waals surface area contributed by atoms with Crippen LogP contribution in [0.1, 0.15) is 25.7 Å². The third-order valence-corrected chi connectivity index (χ3v) is 3.50. The van der Waals surface area contributed by atoms with Crippen molar-refractivity contribution in [2.75, 3.05) is 6.61 Å². The Labute approximate surface area is 95.9 Å². The fourth-order valence-corrected chi connectivity index (χ4v) is 2.57.